The maximum absolute atomic E-state index is 12.2. The van der Waals surface area contributed by atoms with E-state index in [0.29, 0.717) is 0 Å². The number of nitrogens with zero attached hydrogens (tertiary/aromatic N) is 1. The van der Waals surface area contributed by atoms with Gasteiger partial charge in [0.05, 0.1) is 12.8 Å². The minimum atomic E-state index is -0.169. The van der Waals surface area contributed by atoms with Gasteiger partial charge in [0, 0.05) is 31.7 Å². The molecule has 5 nitrogen and oxygen atoms in total. The Morgan fingerprint density at radius 1 is 1.33 bits per heavy atom. The zero-order chi connectivity index (χ0) is 12.5. The van der Waals surface area contributed by atoms with E-state index in [2.05, 4.69) is 15.5 Å². The van der Waals surface area contributed by atoms with E-state index in [0.717, 1.165) is 43.2 Å². The minimum Gasteiger partial charge on any atom is -0.495 e. The normalized spacial score (nSPS) is 23.6. The van der Waals surface area contributed by atoms with Crippen LogP contribution in [0.15, 0.2) is 18.2 Å². The Labute approximate surface area is 106 Å². The summed E-state index contributed by atoms with van der Waals surface area (Å²) in [6.45, 7) is 3.66. The largest absolute Gasteiger partial charge is 0.495 e. The summed E-state index contributed by atoms with van der Waals surface area (Å²) in [6.07, 6.45) is 0. The predicted molar refractivity (Wildman–Crippen MR) is 68.8 cm³/mol. The van der Waals surface area contributed by atoms with E-state index in [1.165, 1.54) is 0 Å². The first-order chi connectivity index (χ1) is 8.81. The van der Waals surface area contributed by atoms with Crippen LogP contribution >= 0.6 is 0 Å². The fourth-order valence-electron chi connectivity index (χ4n) is 2.72. The second-order valence-electron chi connectivity index (χ2n) is 4.60. The summed E-state index contributed by atoms with van der Waals surface area (Å²) in [6, 6.07) is 5.65. The van der Waals surface area contributed by atoms with Crippen molar-refractivity contribution in [3.8, 4) is 5.75 Å². The van der Waals surface area contributed by atoms with Gasteiger partial charge in [-0.3, -0.25) is 9.69 Å². The molecule has 0 spiro atoms. The van der Waals surface area contributed by atoms with Crippen LogP contribution in [0.5, 0.6) is 5.75 Å². The van der Waals surface area contributed by atoms with Crippen molar-refractivity contribution >= 4 is 11.6 Å². The summed E-state index contributed by atoms with van der Waals surface area (Å²) in [4.78, 5) is 14.4. The Balaban J connectivity index is 1.96. The lowest BCUT2D eigenvalue weighted by Crippen LogP contribution is -2.46. The molecule has 0 saturated carbocycles. The molecular weight excluding hydrogens is 230 g/mol. The fraction of sp³-hybridized carbons (Fsp3) is 0.462. The number of piperazine rings is 1. The molecule has 1 fully saturated rings. The first kappa shape index (κ1) is 11.5. The van der Waals surface area contributed by atoms with E-state index in [4.69, 9.17) is 4.74 Å². The molecule has 96 valence electrons. The van der Waals surface area contributed by atoms with Gasteiger partial charge in [-0.15, -0.1) is 0 Å². The van der Waals surface area contributed by atoms with E-state index in [9.17, 15) is 4.79 Å². The first-order valence-corrected chi connectivity index (χ1v) is 6.24. The Bertz CT molecular complexity index is 469. The van der Waals surface area contributed by atoms with Gasteiger partial charge >= 0.3 is 0 Å². The monoisotopic (exact) mass is 247 g/mol. The number of anilines is 1. The maximum Gasteiger partial charge on any atom is 0.246 e. The third-order valence-corrected chi connectivity index (χ3v) is 3.59. The lowest BCUT2D eigenvalue weighted by atomic mass is 10.1. The molecule has 3 rings (SSSR count). The van der Waals surface area contributed by atoms with Crippen molar-refractivity contribution in [3.05, 3.63) is 23.8 Å². The van der Waals surface area contributed by atoms with Crippen LogP contribution in [-0.4, -0.2) is 44.1 Å². The van der Waals surface area contributed by atoms with Crippen LogP contribution in [0.1, 0.15) is 11.6 Å². The predicted octanol–water partition coefficient (Wildman–Crippen LogP) is 0.594. The summed E-state index contributed by atoms with van der Waals surface area (Å²) in [5, 5.41) is 6.24. The molecule has 5 heteroatoms. The van der Waals surface area contributed by atoms with Gasteiger partial charge in [-0.2, -0.15) is 0 Å². The number of para-hydroxylation sites is 1. The zero-order valence-corrected chi connectivity index (χ0v) is 10.4. The molecule has 2 aliphatic rings. The molecule has 0 aliphatic carbocycles. The number of nitrogens with one attached hydrogen (secondary N) is 2. The number of carbonyl (C=O) groups is 1. The zero-order valence-electron chi connectivity index (χ0n) is 10.4. The Morgan fingerprint density at radius 3 is 2.83 bits per heavy atom. The van der Waals surface area contributed by atoms with Gasteiger partial charge in [0.15, 0.2) is 0 Å². The summed E-state index contributed by atoms with van der Waals surface area (Å²) in [5.74, 6) is 0.787. The summed E-state index contributed by atoms with van der Waals surface area (Å²) >= 11 is 0. The molecule has 0 radical (unpaired) electrons. The van der Waals surface area contributed by atoms with Crippen molar-refractivity contribution in [3.63, 3.8) is 0 Å². The minimum absolute atomic E-state index is 0.0522. The Morgan fingerprint density at radius 2 is 2.11 bits per heavy atom. The lowest BCUT2D eigenvalue weighted by molar-refractivity contribution is -0.121. The van der Waals surface area contributed by atoms with Gasteiger partial charge in [0.1, 0.15) is 11.8 Å². The number of ether oxygens (including phenoxy) is 1. The standard InChI is InChI=1S/C13H17N3O2/c1-18-10-4-2-3-9-11(10)15-13(17)12(9)16-7-5-14-6-8-16/h2-4,12,14H,5-8H2,1H3,(H,15,17). The van der Waals surface area contributed by atoms with Crippen molar-refractivity contribution in [1.29, 1.82) is 0 Å². The quantitative estimate of drug-likeness (QED) is 0.803. The Hall–Kier alpha value is -1.59. The molecule has 1 unspecified atom stereocenters. The summed E-state index contributed by atoms with van der Waals surface area (Å²) < 4.78 is 5.30. The molecular formula is C13H17N3O2. The van der Waals surface area contributed by atoms with Crippen molar-refractivity contribution in [2.45, 2.75) is 6.04 Å². The van der Waals surface area contributed by atoms with E-state index in [-0.39, 0.29) is 11.9 Å². The number of rotatable bonds is 2. The molecule has 1 aromatic carbocycles. The fourth-order valence-corrected chi connectivity index (χ4v) is 2.72. The molecule has 2 aliphatic heterocycles. The molecule has 18 heavy (non-hydrogen) atoms. The van der Waals surface area contributed by atoms with Crippen molar-refractivity contribution < 1.29 is 9.53 Å². The van der Waals surface area contributed by atoms with Gasteiger partial charge in [-0.05, 0) is 6.07 Å². The number of carbonyl (C=O) groups excluding carboxylic acids is 1. The van der Waals surface area contributed by atoms with Crippen molar-refractivity contribution in [2.24, 2.45) is 0 Å². The SMILES string of the molecule is COc1cccc2c1NC(=O)C2N1CCNCC1. The van der Waals surface area contributed by atoms with Crippen molar-refractivity contribution in [2.75, 3.05) is 38.6 Å². The summed E-state index contributed by atoms with van der Waals surface area (Å²) in [7, 11) is 1.62. The molecule has 0 aromatic heterocycles. The highest BCUT2D eigenvalue weighted by Gasteiger charge is 2.37. The first-order valence-electron chi connectivity index (χ1n) is 6.24. The number of methoxy groups -OCH3 is 1. The van der Waals surface area contributed by atoms with E-state index in [1.807, 2.05) is 18.2 Å². The molecule has 2 N–H and O–H groups in total. The van der Waals surface area contributed by atoms with Crippen LogP contribution in [0.25, 0.3) is 0 Å². The van der Waals surface area contributed by atoms with Crippen LogP contribution in [-0.2, 0) is 4.79 Å². The van der Waals surface area contributed by atoms with Gasteiger partial charge in [0.25, 0.3) is 0 Å². The highest BCUT2D eigenvalue weighted by Crippen LogP contribution is 2.40. The molecule has 0 bridgehead atoms. The van der Waals surface area contributed by atoms with Crippen LogP contribution in [0.3, 0.4) is 0 Å². The van der Waals surface area contributed by atoms with Crippen LogP contribution in [0.2, 0.25) is 0 Å². The van der Waals surface area contributed by atoms with Crippen LogP contribution in [0, 0.1) is 0 Å². The number of fused-ring (bicyclic) bond motifs is 1. The smallest absolute Gasteiger partial charge is 0.246 e. The molecule has 1 aromatic rings. The van der Waals surface area contributed by atoms with Crippen molar-refractivity contribution in [1.82, 2.24) is 10.2 Å². The summed E-state index contributed by atoms with van der Waals surface area (Å²) in [5.41, 5.74) is 1.86. The molecule has 2 heterocycles. The number of amides is 1. The second-order valence-corrected chi connectivity index (χ2v) is 4.60. The topological polar surface area (TPSA) is 53.6 Å². The average molecular weight is 247 g/mol. The van der Waals surface area contributed by atoms with Gasteiger partial charge in [0.2, 0.25) is 5.91 Å². The van der Waals surface area contributed by atoms with Gasteiger partial charge < -0.3 is 15.4 Å². The van der Waals surface area contributed by atoms with Crippen LogP contribution < -0.4 is 15.4 Å². The lowest BCUT2D eigenvalue weighted by Gasteiger charge is -2.31. The molecule has 1 amide bonds. The molecule has 1 saturated heterocycles. The van der Waals surface area contributed by atoms with Gasteiger partial charge in [-0.25, -0.2) is 0 Å². The third-order valence-electron chi connectivity index (χ3n) is 3.59. The maximum atomic E-state index is 12.2. The van der Waals surface area contributed by atoms with E-state index < -0.39 is 0 Å². The number of hydrogen-bond donors (Lipinski definition) is 2. The third kappa shape index (κ3) is 1.76. The number of hydrogen-bond acceptors (Lipinski definition) is 4. The van der Waals surface area contributed by atoms with E-state index >= 15 is 0 Å². The molecule has 1 atom stereocenters. The Kier molecular flexibility index (Phi) is 2.93. The van der Waals surface area contributed by atoms with Crippen LogP contribution in [0.4, 0.5) is 5.69 Å². The average Bonchev–Trinajstić information content (AvgIpc) is 2.75. The second kappa shape index (κ2) is 4.59. The number of benzene rings is 1. The van der Waals surface area contributed by atoms with Gasteiger partial charge in [-0.1, -0.05) is 12.1 Å². The highest BCUT2D eigenvalue weighted by molar-refractivity contribution is 6.04. The highest BCUT2D eigenvalue weighted by atomic mass is 16.5. The van der Waals surface area contributed by atoms with E-state index in [1.54, 1.807) is 7.11 Å².